The first-order valence-electron chi connectivity index (χ1n) is 6.87. The van der Waals surface area contributed by atoms with Gasteiger partial charge in [-0.25, -0.2) is 4.79 Å². The summed E-state index contributed by atoms with van der Waals surface area (Å²) >= 11 is 8.72. The zero-order chi connectivity index (χ0) is 17.4. The van der Waals surface area contributed by atoms with Gasteiger partial charge in [-0.05, 0) is 24.6 Å². The van der Waals surface area contributed by atoms with Crippen LogP contribution in [-0.2, 0) is 15.3 Å². The van der Waals surface area contributed by atoms with Crippen LogP contribution in [0.2, 0.25) is 5.02 Å². The van der Waals surface area contributed by atoms with E-state index >= 15 is 0 Å². The Morgan fingerprint density at radius 1 is 1.46 bits per heavy atom. The Hall–Kier alpha value is -2.08. The van der Waals surface area contributed by atoms with Crippen LogP contribution in [0.4, 0.5) is 5.13 Å². The van der Waals surface area contributed by atoms with E-state index < -0.39 is 5.97 Å². The average molecular weight is 381 g/mol. The molecule has 0 bridgehead atoms. The standard InChI is InChI=1S/C15H13ClN4O2S2/c1-2-22-13(21)11(7-17)8-18-14-19-20-15(24-14)23-9-10-3-5-12(16)6-4-10/h3-6,8H,2,9H2,1H3,(H,18,19)/b11-8+. The molecule has 0 atom stereocenters. The number of nitrogens with zero attached hydrogens (tertiary/aromatic N) is 3. The second-order valence-electron chi connectivity index (χ2n) is 4.32. The summed E-state index contributed by atoms with van der Waals surface area (Å²) in [5.41, 5.74) is 1.01. The molecule has 0 amide bonds. The molecule has 9 heteroatoms. The Balaban J connectivity index is 1.91. The van der Waals surface area contributed by atoms with Crippen molar-refractivity contribution in [2.75, 3.05) is 11.9 Å². The zero-order valence-electron chi connectivity index (χ0n) is 12.7. The van der Waals surface area contributed by atoms with E-state index in [4.69, 9.17) is 21.6 Å². The summed E-state index contributed by atoms with van der Waals surface area (Å²) in [6.45, 7) is 1.89. The number of hydrogen-bond acceptors (Lipinski definition) is 8. The van der Waals surface area contributed by atoms with Gasteiger partial charge < -0.3 is 10.1 Å². The zero-order valence-corrected chi connectivity index (χ0v) is 15.0. The lowest BCUT2D eigenvalue weighted by Crippen LogP contribution is -2.07. The Morgan fingerprint density at radius 3 is 2.88 bits per heavy atom. The van der Waals surface area contributed by atoms with Crippen molar-refractivity contribution in [1.29, 1.82) is 5.26 Å². The monoisotopic (exact) mass is 380 g/mol. The molecule has 1 aromatic carbocycles. The van der Waals surface area contributed by atoms with Gasteiger partial charge in [0.15, 0.2) is 9.91 Å². The highest BCUT2D eigenvalue weighted by Gasteiger charge is 2.10. The maximum Gasteiger partial charge on any atom is 0.350 e. The highest BCUT2D eigenvalue weighted by molar-refractivity contribution is 8.00. The summed E-state index contributed by atoms with van der Waals surface area (Å²) in [5, 5.41) is 20.9. The summed E-state index contributed by atoms with van der Waals surface area (Å²) < 4.78 is 5.54. The third-order valence-corrected chi connectivity index (χ3v) is 4.95. The number of carbonyl (C=O) groups excluding carboxylic acids is 1. The molecule has 0 radical (unpaired) electrons. The molecule has 0 aliphatic carbocycles. The number of halogens is 1. The Labute approximate surface area is 152 Å². The molecular formula is C15H13ClN4O2S2. The number of esters is 1. The van der Waals surface area contributed by atoms with E-state index in [9.17, 15) is 4.79 Å². The van der Waals surface area contributed by atoms with E-state index in [0.29, 0.717) is 10.2 Å². The van der Waals surface area contributed by atoms with Crippen molar-refractivity contribution in [3.05, 3.63) is 46.6 Å². The highest BCUT2D eigenvalue weighted by atomic mass is 35.5. The predicted molar refractivity (Wildman–Crippen MR) is 94.9 cm³/mol. The van der Waals surface area contributed by atoms with E-state index in [1.165, 1.54) is 29.3 Å². The molecule has 0 saturated carbocycles. The molecule has 2 rings (SSSR count). The second-order valence-corrected chi connectivity index (χ2v) is 6.96. The Kier molecular flexibility index (Phi) is 7.06. The van der Waals surface area contributed by atoms with Gasteiger partial charge in [-0.3, -0.25) is 0 Å². The Morgan fingerprint density at radius 2 is 2.21 bits per heavy atom. The van der Waals surface area contributed by atoms with Gasteiger partial charge in [-0.1, -0.05) is 46.8 Å². The van der Waals surface area contributed by atoms with Crippen molar-refractivity contribution in [1.82, 2.24) is 10.2 Å². The van der Waals surface area contributed by atoms with Gasteiger partial charge in [0, 0.05) is 17.0 Å². The number of thioether (sulfide) groups is 1. The normalized spacial score (nSPS) is 11.0. The average Bonchev–Trinajstić information content (AvgIpc) is 3.03. The first-order valence-corrected chi connectivity index (χ1v) is 9.05. The molecule has 24 heavy (non-hydrogen) atoms. The first kappa shape index (κ1) is 18.3. The lowest BCUT2D eigenvalue weighted by atomic mass is 10.2. The maximum absolute atomic E-state index is 11.5. The number of carbonyl (C=O) groups is 1. The third kappa shape index (κ3) is 5.53. The molecule has 6 nitrogen and oxygen atoms in total. The van der Waals surface area contributed by atoms with Crippen LogP contribution >= 0.6 is 34.7 Å². The van der Waals surface area contributed by atoms with Gasteiger partial charge in [0.05, 0.1) is 6.61 Å². The largest absolute Gasteiger partial charge is 0.462 e. The molecular weight excluding hydrogens is 368 g/mol. The Bertz CT molecular complexity index is 769. The summed E-state index contributed by atoms with van der Waals surface area (Å²) in [7, 11) is 0. The first-order chi connectivity index (χ1) is 11.6. The summed E-state index contributed by atoms with van der Waals surface area (Å²) in [4.78, 5) is 11.5. The van der Waals surface area contributed by atoms with Gasteiger partial charge >= 0.3 is 5.97 Å². The quantitative estimate of drug-likeness (QED) is 0.337. The van der Waals surface area contributed by atoms with Crippen LogP contribution in [-0.4, -0.2) is 22.8 Å². The third-order valence-electron chi connectivity index (χ3n) is 2.64. The fraction of sp³-hybridized carbons (Fsp3) is 0.200. The number of hydrogen-bond donors (Lipinski definition) is 1. The summed E-state index contributed by atoms with van der Waals surface area (Å²) in [6.07, 6.45) is 1.27. The molecule has 0 saturated heterocycles. The molecule has 2 aromatic rings. The van der Waals surface area contributed by atoms with Gasteiger partial charge in [0.2, 0.25) is 5.13 Å². The molecule has 1 N–H and O–H groups in total. The topological polar surface area (TPSA) is 87.9 Å². The van der Waals surface area contributed by atoms with E-state index in [-0.39, 0.29) is 12.2 Å². The predicted octanol–water partition coefficient (Wildman–Crippen LogP) is 3.87. The summed E-state index contributed by atoms with van der Waals surface area (Å²) in [6, 6.07) is 9.37. The minimum atomic E-state index is -0.672. The van der Waals surface area contributed by atoms with E-state index in [0.717, 1.165) is 15.7 Å². The minimum Gasteiger partial charge on any atom is -0.462 e. The van der Waals surface area contributed by atoms with Crippen LogP contribution in [0.3, 0.4) is 0 Å². The van der Waals surface area contributed by atoms with E-state index in [1.54, 1.807) is 13.0 Å². The fourth-order valence-electron chi connectivity index (χ4n) is 1.53. The fourth-order valence-corrected chi connectivity index (χ4v) is 3.33. The SMILES string of the molecule is CCOC(=O)/C(C#N)=C/Nc1nnc(SCc2ccc(Cl)cc2)s1. The lowest BCUT2D eigenvalue weighted by Gasteiger charge is -1.99. The molecule has 124 valence electrons. The van der Waals surface area contributed by atoms with Gasteiger partial charge in [-0.15, -0.1) is 10.2 Å². The summed E-state index contributed by atoms with van der Waals surface area (Å²) in [5.74, 6) is 0.0721. The number of benzene rings is 1. The molecule has 1 aromatic heterocycles. The van der Waals surface area contributed by atoms with Crippen molar-refractivity contribution in [2.24, 2.45) is 0 Å². The number of anilines is 1. The second kappa shape index (κ2) is 9.27. The van der Waals surface area contributed by atoms with Crippen LogP contribution in [0.1, 0.15) is 12.5 Å². The smallest absolute Gasteiger partial charge is 0.350 e. The lowest BCUT2D eigenvalue weighted by molar-refractivity contribution is -0.138. The number of nitriles is 1. The minimum absolute atomic E-state index is 0.123. The maximum atomic E-state index is 11.5. The van der Waals surface area contributed by atoms with E-state index in [1.807, 2.05) is 24.3 Å². The van der Waals surface area contributed by atoms with E-state index in [2.05, 4.69) is 15.5 Å². The number of ether oxygens (including phenoxy) is 1. The van der Waals surface area contributed by atoms with Gasteiger partial charge in [-0.2, -0.15) is 5.26 Å². The van der Waals surface area contributed by atoms with Gasteiger partial charge in [0.25, 0.3) is 0 Å². The van der Waals surface area contributed by atoms with Crippen molar-refractivity contribution < 1.29 is 9.53 Å². The van der Waals surface area contributed by atoms with Crippen LogP contribution in [0, 0.1) is 11.3 Å². The van der Waals surface area contributed by atoms with Crippen LogP contribution in [0.15, 0.2) is 40.4 Å². The van der Waals surface area contributed by atoms with Crippen LogP contribution in [0.25, 0.3) is 0 Å². The molecule has 0 fully saturated rings. The van der Waals surface area contributed by atoms with Crippen LogP contribution in [0.5, 0.6) is 0 Å². The van der Waals surface area contributed by atoms with Crippen molar-refractivity contribution in [2.45, 2.75) is 17.0 Å². The molecule has 0 aliphatic heterocycles. The van der Waals surface area contributed by atoms with Crippen molar-refractivity contribution in [3.8, 4) is 6.07 Å². The van der Waals surface area contributed by atoms with Crippen LogP contribution < -0.4 is 5.32 Å². The molecule has 0 spiro atoms. The van der Waals surface area contributed by atoms with Gasteiger partial charge in [0.1, 0.15) is 6.07 Å². The molecule has 0 aliphatic rings. The highest BCUT2D eigenvalue weighted by Crippen LogP contribution is 2.28. The van der Waals surface area contributed by atoms with Crippen molar-refractivity contribution in [3.63, 3.8) is 0 Å². The molecule has 0 unspecified atom stereocenters. The number of nitrogens with one attached hydrogen (secondary N) is 1. The molecule has 1 heterocycles. The number of rotatable bonds is 7. The van der Waals surface area contributed by atoms with Crippen molar-refractivity contribution >= 4 is 45.8 Å². The number of aromatic nitrogens is 2.